The molecule has 3 aromatic carbocycles. The zero-order chi connectivity index (χ0) is 24.5. The maximum Gasteiger partial charge on any atom is 0.340 e. The number of benzene rings is 3. The predicted molar refractivity (Wildman–Crippen MR) is 131 cm³/mol. The number of H-pyrrole nitrogens is 1. The first-order valence-electron chi connectivity index (χ1n) is 10.3. The van der Waals surface area contributed by atoms with E-state index >= 15 is 0 Å². The average Bonchev–Trinajstić information content (AvgIpc) is 3.27. The summed E-state index contributed by atoms with van der Waals surface area (Å²) >= 11 is 6.18. The summed E-state index contributed by atoms with van der Waals surface area (Å²) in [7, 11) is -2.56. The van der Waals surface area contributed by atoms with Gasteiger partial charge in [-0.05, 0) is 43.3 Å². The Morgan fingerprint density at radius 1 is 0.971 bits per heavy atom. The van der Waals surface area contributed by atoms with Gasteiger partial charge < -0.3 is 9.72 Å². The number of carbonyl (C=O) groups is 2. The van der Waals surface area contributed by atoms with E-state index in [-0.39, 0.29) is 15.5 Å². The normalized spacial score (nSPS) is 12.3. The molecule has 0 radical (unpaired) electrons. The molecular formula is C25H21ClN2O5S. The van der Waals surface area contributed by atoms with Crippen molar-refractivity contribution < 1.29 is 22.7 Å². The van der Waals surface area contributed by atoms with Gasteiger partial charge in [-0.3, -0.25) is 9.10 Å². The van der Waals surface area contributed by atoms with Gasteiger partial charge in [0.05, 0.1) is 21.2 Å². The molecule has 0 aliphatic rings. The molecule has 0 aliphatic heterocycles. The van der Waals surface area contributed by atoms with E-state index in [1.54, 1.807) is 42.6 Å². The average molecular weight is 497 g/mol. The molecule has 1 aromatic heterocycles. The van der Waals surface area contributed by atoms with Crippen molar-refractivity contribution in [3.63, 3.8) is 0 Å². The summed E-state index contributed by atoms with van der Waals surface area (Å²) in [5.74, 6) is -1.29. The molecule has 1 unspecified atom stereocenters. The van der Waals surface area contributed by atoms with E-state index in [0.29, 0.717) is 16.6 Å². The SMILES string of the molecule is CC(OC(=O)c1cc(S(=O)(=O)N(C)c2ccccc2)ccc1Cl)C(=O)c1c[nH]c2ccccc12. The highest BCUT2D eigenvalue weighted by Gasteiger charge is 2.27. The summed E-state index contributed by atoms with van der Waals surface area (Å²) in [5, 5.41) is 0.725. The fraction of sp³-hybridized carbons (Fsp3) is 0.120. The molecule has 1 atom stereocenters. The van der Waals surface area contributed by atoms with Crippen molar-refractivity contribution in [2.45, 2.75) is 17.9 Å². The Kier molecular flexibility index (Phi) is 6.45. The molecule has 0 bridgehead atoms. The Bertz CT molecular complexity index is 1480. The Hall–Kier alpha value is -3.62. The molecule has 0 aliphatic carbocycles. The van der Waals surface area contributed by atoms with Crippen LogP contribution < -0.4 is 4.31 Å². The highest BCUT2D eigenvalue weighted by Crippen LogP contribution is 2.27. The Balaban J connectivity index is 1.58. The highest BCUT2D eigenvalue weighted by molar-refractivity contribution is 7.92. The van der Waals surface area contributed by atoms with Crippen molar-refractivity contribution in [1.29, 1.82) is 0 Å². The second kappa shape index (κ2) is 9.32. The van der Waals surface area contributed by atoms with E-state index < -0.39 is 27.9 Å². The number of sulfonamides is 1. The molecule has 1 N–H and O–H groups in total. The number of hydrogen-bond acceptors (Lipinski definition) is 5. The van der Waals surface area contributed by atoms with Crippen molar-refractivity contribution in [2.75, 3.05) is 11.4 Å². The fourth-order valence-corrected chi connectivity index (χ4v) is 4.94. The first-order valence-corrected chi connectivity index (χ1v) is 12.2. The van der Waals surface area contributed by atoms with Crippen LogP contribution in [0.4, 0.5) is 5.69 Å². The summed E-state index contributed by atoms with van der Waals surface area (Å²) < 4.78 is 32.7. The smallest absolute Gasteiger partial charge is 0.340 e. The summed E-state index contributed by atoms with van der Waals surface area (Å²) in [4.78, 5) is 28.6. The van der Waals surface area contributed by atoms with Crippen LogP contribution in [0.25, 0.3) is 10.9 Å². The lowest BCUT2D eigenvalue weighted by atomic mass is 10.1. The van der Waals surface area contributed by atoms with E-state index in [9.17, 15) is 18.0 Å². The molecule has 0 amide bonds. The van der Waals surface area contributed by atoms with Gasteiger partial charge in [0.2, 0.25) is 5.78 Å². The minimum atomic E-state index is -3.97. The third-order valence-electron chi connectivity index (χ3n) is 5.44. The van der Waals surface area contributed by atoms with Crippen molar-refractivity contribution in [3.8, 4) is 0 Å². The van der Waals surface area contributed by atoms with Gasteiger partial charge >= 0.3 is 5.97 Å². The predicted octanol–water partition coefficient (Wildman–Crippen LogP) is 5.07. The topological polar surface area (TPSA) is 96.5 Å². The summed E-state index contributed by atoms with van der Waals surface area (Å²) in [6, 6.07) is 19.6. The lowest BCUT2D eigenvalue weighted by Gasteiger charge is -2.20. The zero-order valence-electron chi connectivity index (χ0n) is 18.4. The van der Waals surface area contributed by atoms with Gasteiger partial charge in [0, 0.05) is 29.7 Å². The van der Waals surface area contributed by atoms with Crippen molar-refractivity contribution in [1.82, 2.24) is 4.98 Å². The van der Waals surface area contributed by atoms with Gasteiger partial charge in [0.15, 0.2) is 6.10 Å². The lowest BCUT2D eigenvalue weighted by Crippen LogP contribution is -2.27. The van der Waals surface area contributed by atoms with Gasteiger partial charge in [-0.2, -0.15) is 0 Å². The van der Waals surface area contributed by atoms with Crippen LogP contribution in [-0.4, -0.2) is 38.3 Å². The Labute approximate surface area is 202 Å². The number of nitrogens with one attached hydrogen (secondary N) is 1. The molecule has 7 nitrogen and oxygen atoms in total. The molecule has 0 saturated heterocycles. The number of aromatic amines is 1. The standard InChI is InChI=1S/C25H21ClN2O5S/c1-16(24(29)21-15-27-23-11-7-6-10-19(21)23)33-25(30)20-14-18(12-13-22(20)26)34(31,32)28(2)17-8-4-3-5-9-17/h3-16,27H,1-2H3. The first-order chi connectivity index (χ1) is 16.2. The molecule has 9 heteroatoms. The van der Waals surface area contributed by atoms with E-state index in [2.05, 4.69) is 4.98 Å². The molecule has 174 valence electrons. The van der Waals surface area contributed by atoms with Crippen LogP contribution in [0.2, 0.25) is 5.02 Å². The fourth-order valence-electron chi connectivity index (χ4n) is 3.53. The second-order valence-corrected chi connectivity index (χ2v) is 9.99. The van der Waals surface area contributed by atoms with E-state index in [1.807, 2.05) is 18.2 Å². The third kappa shape index (κ3) is 4.42. The number of halogens is 1. The van der Waals surface area contributed by atoms with Crippen molar-refractivity contribution in [3.05, 3.63) is 95.1 Å². The lowest BCUT2D eigenvalue weighted by molar-refractivity contribution is 0.0319. The molecule has 34 heavy (non-hydrogen) atoms. The van der Waals surface area contributed by atoms with Gasteiger partial charge in [0.25, 0.3) is 10.0 Å². The van der Waals surface area contributed by atoms with Crippen LogP contribution in [0.3, 0.4) is 0 Å². The molecular weight excluding hydrogens is 476 g/mol. The highest BCUT2D eigenvalue weighted by atomic mass is 35.5. The van der Waals surface area contributed by atoms with Crippen LogP contribution >= 0.6 is 11.6 Å². The van der Waals surface area contributed by atoms with Crippen LogP contribution in [0.5, 0.6) is 0 Å². The van der Waals surface area contributed by atoms with Gasteiger partial charge in [-0.25, -0.2) is 13.2 Å². The van der Waals surface area contributed by atoms with Gasteiger partial charge in [-0.15, -0.1) is 0 Å². The quantitative estimate of drug-likeness (QED) is 0.284. The number of esters is 1. The second-order valence-electron chi connectivity index (χ2n) is 7.61. The van der Waals surface area contributed by atoms with Crippen LogP contribution in [-0.2, 0) is 14.8 Å². The molecule has 4 aromatic rings. The van der Waals surface area contributed by atoms with Crippen LogP contribution in [0.1, 0.15) is 27.6 Å². The largest absolute Gasteiger partial charge is 0.451 e. The molecule has 0 spiro atoms. The number of hydrogen-bond donors (Lipinski definition) is 1. The number of para-hydroxylation sites is 2. The van der Waals surface area contributed by atoms with E-state index in [4.69, 9.17) is 16.3 Å². The molecule has 1 heterocycles. The number of fused-ring (bicyclic) bond motifs is 1. The summed E-state index contributed by atoms with van der Waals surface area (Å²) in [6.07, 6.45) is 0.451. The first kappa shape index (κ1) is 23.5. The third-order valence-corrected chi connectivity index (χ3v) is 7.55. The van der Waals surface area contributed by atoms with E-state index in [1.165, 1.54) is 26.1 Å². The number of Topliss-reactive ketones (excluding diaryl/α,β-unsaturated/α-hetero) is 1. The van der Waals surface area contributed by atoms with Gasteiger partial charge in [-0.1, -0.05) is 48.0 Å². The summed E-state index contributed by atoms with van der Waals surface area (Å²) in [5.41, 5.74) is 1.48. The number of anilines is 1. The monoisotopic (exact) mass is 496 g/mol. The number of carbonyl (C=O) groups excluding carboxylic acids is 2. The minimum Gasteiger partial charge on any atom is -0.451 e. The summed E-state index contributed by atoms with van der Waals surface area (Å²) in [6.45, 7) is 1.46. The van der Waals surface area contributed by atoms with Crippen molar-refractivity contribution in [2.24, 2.45) is 0 Å². The Morgan fingerprint density at radius 2 is 1.65 bits per heavy atom. The molecule has 4 rings (SSSR count). The van der Waals surface area contributed by atoms with E-state index in [0.717, 1.165) is 15.9 Å². The number of rotatable bonds is 7. The van der Waals surface area contributed by atoms with Crippen molar-refractivity contribution >= 4 is 50.0 Å². The van der Waals surface area contributed by atoms with Gasteiger partial charge in [0.1, 0.15) is 0 Å². The zero-order valence-corrected chi connectivity index (χ0v) is 19.9. The van der Waals surface area contributed by atoms with Crippen LogP contribution in [0, 0.1) is 0 Å². The maximum atomic E-state index is 13.1. The Morgan fingerprint density at radius 3 is 2.38 bits per heavy atom. The number of aromatic nitrogens is 1. The number of ether oxygens (including phenoxy) is 1. The molecule has 0 saturated carbocycles. The number of ketones is 1. The molecule has 0 fully saturated rings. The maximum absolute atomic E-state index is 13.1. The number of nitrogens with zero attached hydrogens (tertiary/aromatic N) is 1. The minimum absolute atomic E-state index is 0.0121. The van der Waals surface area contributed by atoms with Crippen LogP contribution in [0.15, 0.2) is 83.9 Å².